The summed E-state index contributed by atoms with van der Waals surface area (Å²) in [5, 5.41) is 0. The summed E-state index contributed by atoms with van der Waals surface area (Å²) in [7, 11) is 0. The maximum absolute atomic E-state index is 11.8. The van der Waals surface area contributed by atoms with Crippen LogP contribution < -0.4 is 10.5 Å². The average Bonchev–Trinajstić information content (AvgIpc) is 3.08. The Morgan fingerprint density at radius 1 is 0.413 bits per heavy atom. The molecular formula is C33H51NO12. The lowest BCUT2D eigenvalue weighted by Gasteiger charge is -2.09. The minimum absolute atomic E-state index is 0.201. The molecule has 0 heterocycles. The van der Waals surface area contributed by atoms with Crippen molar-refractivity contribution in [2.75, 3.05) is 138 Å². The van der Waals surface area contributed by atoms with Crippen molar-refractivity contribution >= 4 is 11.7 Å². The van der Waals surface area contributed by atoms with Crippen molar-refractivity contribution < 1.29 is 56.9 Å². The van der Waals surface area contributed by atoms with E-state index in [1.54, 1.807) is 36.4 Å². The number of nitrogen functional groups attached to an aromatic ring is 1. The zero-order chi connectivity index (χ0) is 32.6. The fourth-order valence-electron chi connectivity index (χ4n) is 3.49. The summed E-state index contributed by atoms with van der Waals surface area (Å²) in [6.07, 6.45) is 0. The highest BCUT2D eigenvalue weighted by Crippen LogP contribution is 2.12. The standard InChI is InChI=1S/C33H51NO12/c34-31-6-8-32(9-7-31)45-28-26-43-24-22-41-20-18-39-16-14-37-12-10-36-11-13-38-15-17-40-19-21-42-23-25-44-27-29-46-33(35)30-4-2-1-3-5-30/h1-9H,10-29,34H2. The molecule has 0 fully saturated rings. The summed E-state index contributed by atoms with van der Waals surface area (Å²) in [6, 6.07) is 16.1. The predicted molar refractivity (Wildman–Crippen MR) is 170 cm³/mol. The highest BCUT2D eigenvalue weighted by molar-refractivity contribution is 5.89. The van der Waals surface area contributed by atoms with Gasteiger partial charge in [0, 0.05) is 5.69 Å². The molecule has 0 aromatic heterocycles. The van der Waals surface area contributed by atoms with Crippen LogP contribution in [0.25, 0.3) is 0 Å². The highest BCUT2D eigenvalue weighted by atomic mass is 16.6. The van der Waals surface area contributed by atoms with E-state index in [4.69, 9.17) is 57.8 Å². The molecule has 0 saturated heterocycles. The van der Waals surface area contributed by atoms with Crippen molar-refractivity contribution in [2.45, 2.75) is 0 Å². The molecule has 0 unspecified atom stereocenters. The molecule has 0 saturated carbocycles. The van der Waals surface area contributed by atoms with Crippen molar-refractivity contribution in [1.29, 1.82) is 0 Å². The Hall–Kier alpha value is -2.85. The normalized spacial score (nSPS) is 11.1. The number of nitrogens with two attached hydrogens (primary N) is 1. The number of esters is 1. The summed E-state index contributed by atoms with van der Waals surface area (Å²) >= 11 is 0. The molecule has 0 aliphatic carbocycles. The van der Waals surface area contributed by atoms with Crippen LogP contribution in [0.1, 0.15) is 10.4 Å². The van der Waals surface area contributed by atoms with Gasteiger partial charge in [-0.1, -0.05) is 18.2 Å². The first kappa shape index (κ1) is 39.3. The number of anilines is 1. The second-order valence-electron chi connectivity index (χ2n) is 9.43. The predicted octanol–water partition coefficient (Wildman–Crippen LogP) is 2.65. The molecule has 0 aliphatic heterocycles. The molecule has 0 radical (unpaired) electrons. The van der Waals surface area contributed by atoms with E-state index in [0.717, 1.165) is 5.75 Å². The molecule has 0 aliphatic rings. The van der Waals surface area contributed by atoms with Gasteiger partial charge in [-0.2, -0.15) is 0 Å². The Morgan fingerprint density at radius 3 is 1.11 bits per heavy atom. The Labute approximate surface area is 272 Å². The van der Waals surface area contributed by atoms with E-state index in [1.807, 2.05) is 18.2 Å². The van der Waals surface area contributed by atoms with Crippen molar-refractivity contribution in [1.82, 2.24) is 0 Å². The fourth-order valence-corrected chi connectivity index (χ4v) is 3.49. The van der Waals surface area contributed by atoms with Crippen LogP contribution in [0.15, 0.2) is 54.6 Å². The van der Waals surface area contributed by atoms with Crippen molar-refractivity contribution in [3.8, 4) is 5.75 Å². The van der Waals surface area contributed by atoms with E-state index < -0.39 is 0 Å². The molecule has 0 amide bonds. The molecule has 2 N–H and O–H groups in total. The van der Waals surface area contributed by atoms with Crippen molar-refractivity contribution in [3.05, 3.63) is 60.2 Å². The number of carbonyl (C=O) groups excluding carboxylic acids is 1. The van der Waals surface area contributed by atoms with Crippen LogP contribution in [0.5, 0.6) is 5.75 Å². The molecule has 2 rings (SSSR count). The Morgan fingerprint density at radius 2 is 0.739 bits per heavy atom. The lowest BCUT2D eigenvalue weighted by atomic mass is 10.2. The zero-order valence-electron chi connectivity index (χ0n) is 26.8. The molecule has 2 aromatic carbocycles. The third-order valence-electron chi connectivity index (χ3n) is 5.82. The van der Waals surface area contributed by atoms with Crippen LogP contribution >= 0.6 is 0 Å². The first-order valence-corrected chi connectivity index (χ1v) is 15.7. The van der Waals surface area contributed by atoms with Gasteiger partial charge in [0.2, 0.25) is 0 Å². The van der Waals surface area contributed by atoms with E-state index >= 15 is 0 Å². The van der Waals surface area contributed by atoms with E-state index in [2.05, 4.69) is 0 Å². The maximum atomic E-state index is 11.8. The summed E-state index contributed by atoms with van der Waals surface area (Å²) in [5.74, 6) is 0.411. The lowest BCUT2D eigenvalue weighted by molar-refractivity contribution is -0.0262. The van der Waals surface area contributed by atoms with Gasteiger partial charge in [-0.3, -0.25) is 0 Å². The minimum atomic E-state index is -0.357. The monoisotopic (exact) mass is 653 g/mol. The maximum Gasteiger partial charge on any atom is 0.338 e. The molecule has 13 heteroatoms. The van der Waals surface area contributed by atoms with Crippen LogP contribution in [0.4, 0.5) is 5.69 Å². The molecule has 0 spiro atoms. The number of hydrogen-bond acceptors (Lipinski definition) is 13. The van der Waals surface area contributed by atoms with Gasteiger partial charge >= 0.3 is 5.97 Å². The summed E-state index contributed by atoms with van der Waals surface area (Å²) in [5.41, 5.74) is 6.87. The second-order valence-corrected chi connectivity index (χ2v) is 9.43. The lowest BCUT2D eigenvalue weighted by Crippen LogP contribution is -2.15. The number of carbonyl (C=O) groups is 1. The van der Waals surface area contributed by atoms with Gasteiger partial charge in [-0.15, -0.1) is 0 Å². The Bertz CT molecular complexity index is 951. The third-order valence-corrected chi connectivity index (χ3v) is 5.82. The van der Waals surface area contributed by atoms with Gasteiger partial charge in [0.25, 0.3) is 0 Å². The first-order valence-electron chi connectivity index (χ1n) is 15.7. The van der Waals surface area contributed by atoms with Gasteiger partial charge in [0.1, 0.15) is 19.0 Å². The van der Waals surface area contributed by atoms with Crippen LogP contribution in [0, 0.1) is 0 Å². The zero-order valence-corrected chi connectivity index (χ0v) is 26.8. The van der Waals surface area contributed by atoms with Gasteiger partial charge in [0.15, 0.2) is 0 Å². The number of ether oxygens (including phenoxy) is 11. The Balaban J connectivity index is 1.16. The van der Waals surface area contributed by atoms with Crippen molar-refractivity contribution in [2.24, 2.45) is 0 Å². The molecule has 13 nitrogen and oxygen atoms in total. The first-order chi connectivity index (χ1) is 22.8. The van der Waals surface area contributed by atoms with Gasteiger partial charge in [-0.05, 0) is 36.4 Å². The summed E-state index contributed by atoms with van der Waals surface area (Å²) in [6.45, 7) is 9.22. The molecule has 0 atom stereocenters. The smallest absolute Gasteiger partial charge is 0.338 e. The van der Waals surface area contributed by atoms with Crippen molar-refractivity contribution in [3.63, 3.8) is 0 Å². The van der Waals surface area contributed by atoms with Gasteiger partial charge in [-0.25, -0.2) is 4.79 Å². The van der Waals surface area contributed by atoms with Crippen LogP contribution in [-0.4, -0.2) is 138 Å². The molecular weight excluding hydrogens is 602 g/mol. The molecule has 0 bridgehead atoms. The average molecular weight is 654 g/mol. The van der Waals surface area contributed by atoms with E-state index in [9.17, 15) is 4.79 Å². The quantitative estimate of drug-likeness (QED) is 0.0703. The van der Waals surface area contributed by atoms with E-state index in [0.29, 0.717) is 137 Å². The second kappa shape index (κ2) is 29.5. The van der Waals surface area contributed by atoms with Gasteiger partial charge < -0.3 is 57.8 Å². The summed E-state index contributed by atoms with van der Waals surface area (Å²) < 4.78 is 59.8. The minimum Gasteiger partial charge on any atom is -0.491 e. The number of benzene rings is 2. The SMILES string of the molecule is Nc1ccc(OCCOCCOCCOCCOCCOCCOCCOCCOCCOCCOC(=O)c2ccccc2)cc1. The number of hydrogen-bond donors (Lipinski definition) is 1. The molecule has 46 heavy (non-hydrogen) atoms. The number of rotatable bonds is 32. The third kappa shape index (κ3) is 23.5. The topological polar surface area (TPSA) is 145 Å². The molecule has 260 valence electrons. The Kier molecular flexibility index (Phi) is 25.3. The summed E-state index contributed by atoms with van der Waals surface area (Å²) in [4.78, 5) is 11.8. The van der Waals surface area contributed by atoms with Crippen LogP contribution in [0.3, 0.4) is 0 Å². The van der Waals surface area contributed by atoms with Gasteiger partial charge in [0.05, 0.1) is 124 Å². The molecule has 2 aromatic rings. The van der Waals surface area contributed by atoms with Crippen LogP contribution in [0.2, 0.25) is 0 Å². The highest BCUT2D eigenvalue weighted by Gasteiger charge is 2.05. The van der Waals surface area contributed by atoms with E-state index in [1.165, 1.54) is 0 Å². The van der Waals surface area contributed by atoms with E-state index in [-0.39, 0.29) is 12.6 Å². The van der Waals surface area contributed by atoms with Crippen LogP contribution in [-0.2, 0) is 47.4 Å². The fraction of sp³-hybridized carbons (Fsp3) is 0.606. The largest absolute Gasteiger partial charge is 0.491 e.